The van der Waals surface area contributed by atoms with Gasteiger partial charge in [-0.15, -0.1) is 0 Å². The lowest BCUT2D eigenvalue weighted by molar-refractivity contribution is 0.301. The van der Waals surface area contributed by atoms with Crippen LogP contribution in [0.3, 0.4) is 0 Å². The van der Waals surface area contributed by atoms with Crippen molar-refractivity contribution < 1.29 is 4.74 Å². The number of rotatable bonds is 7. The van der Waals surface area contributed by atoms with E-state index in [0.29, 0.717) is 5.92 Å². The Morgan fingerprint density at radius 1 is 1.12 bits per heavy atom. The van der Waals surface area contributed by atoms with Crippen LogP contribution in [0.2, 0.25) is 0 Å². The van der Waals surface area contributed by atoms with Crippen LogP contribution >= 0.6 is 0 Å². The van der Waals surface area contributed by atoms with Crippen LogP contribution in [0.4, 0.5) is 0 Å². The van der Waals surface area contributed by atoms with Crippen molar-refractivity contribution in [1.29, 1.82) is 0 Å². The Balaban J connectivity index is 2.41. The van der Waals surface area contributed by atoms with Crippen LogP contribution < -0.4 is 10.5 Å². The van der Waals surface area contributed by atoms with Crippen molar-refractivity contribution in [3.63, 3.8) is 0 Å². The maximum atomic E-state index is 5.80. The molecule has 1 aromatic carbocycles. The van der Waals surface area contributed by atoms with Gasteiger partial charge < -0.3 is 10.5 Å². The van der Waals surface area contributed by atoms with Crippen LogP contribution in [0.5, 0.6) is 5.75 Å². The summed E-state index contributed by atoms with van der Waals surface area (Å²) in [4.78, 5) is 0. The normalized spacial score (nSPS) is 10.8. The third-order valence-electron chi connectivity index (χ3n) is 2.65. The van der Waals surface area contributed by atoms with E-state index in [2.05, 4.69) is 32.0 Å². The molecule has 0 amide bonds. The summed E-state index contributed by atoms with van der Waals surface area (Å²) >= 11 is 0. The number of nitrogens with two attached hydrogens (primary N) is 1. The van der Waals surface area contributed by atoms with Crippen LogP contribution in [0.25, 0.3) is 0 Å². The zero-order valence-corrected chi connectivity index (χ0v) is 10.4. The van der Waals surface area contributed by atoms with Crippen LogP contribution in [0, 0.1) is 0 Å². The summed E-state index contributed by atoms with van der Waals surface area (Å²) in [6.07, 6.45) is 3.33. The van der Waals surface area contributed by atoms with Crippen LogP contribution in [-0.2, 0) is 0 Å². The van der Waals surface area contributed by atoms with Crippen molar-refractivity contribution in [1.82, 2.24) is 0 Å². The van der Waals surface area contributed by atoms with E-state index >= 15 is 0 Å². The van der Waals surface area contributed by atoms with Gasteiger partial charge in [-0.25, -0.2) is 0 Å². The van der Waals surface area contributed by atoms with Crippen LogP contribution in [-0.4, -0.2) is 13.2 Å². The van der Waals surface area contributed by atoms with Gasteiger partial charge in [-0.1, -0.05) is 32.0 Å². The molecule has 0 aliphatic carbocycles. The van der Waals surface area contributed by atoms with E-state index in [1.54, 1.807) is 0 Å². The number of unbranched alkanes of at least 4 members (excludes halogenated alkanes) is 2. The smallest absolute Gasteiger partial charge is 0.122 e. The molecule has 2 nitrogen and oxygen atoms in total. The van der Waals surface area contributed by atoms with Crippen molar-refractivity contribution in [3.05, 3.63) is 29.8 Å². The SMILES string of the molecule is CC(C)c1ccccc1OCCCCCN. The summed E-state index contributed by atoms with van der Waals surface area (Å²) in [5.41, 5.74) is 6.74. The predicted octanol–water partition coefficient (Wildman–Crippen LogP) is 3.32. The average molecular weight is 221 g/mol. The molecule has 0 radical (unpaired) electrons. The molecule has 0 heterocycles. The van der Waals surface area contributed by atoms with E-state index in [-0.39, 0.29) is 0 Å². The molecule has 0 aliphatic heterocycles. The molecular formula is C14H23NO. The zero-order chi connectivity index (χ0) is 11.8. The lowest BCUT2D eigenvalue weighted by Gasteiger charge is -2.13. The topological polar surface area (TPSA) is 35.2 Å². The summed E-state index contributed by atoms with van der Waals surface area (Å²) in [5, 5.41) is 0. The van der Waals surface area contributed by atoms with Gasteiger partial charge in [0.1, 0.15) is 5.75 Å². The molecule has 0 saturated heterocycles. The Morgan fingerprint density at radius 2 is 1.88 bits per heavy atom. The van der Waals surface area contributed by atoms with Crippen LogP contribution in [0.15, 0.2) is 24.3 Å². The number of ether oxygens (including phenoxy) is 1. The minimum Gasteiger partial charge on any atom is -0.493 e. The van der Waals surface area contributed by atoms with Crippen LogP contribution in [0.1, 0.15) is 44.6 Å². The molecule has 0 unspecified atom stereocenters. The summed E-state index contributed by atoms with van der Waals surface area (Å²) < 4.78 is 5.80. The summed E-state index contributed by atoms with van der Waals surface area (Å²) in [5.74, 6) is 1.55. The van der Waals surface area contributed by atoms with E-state index < -0.39 is 0 Å². The molecule has 0 saturated carbocycles. The van der Waals surface area contributed by atoms with Crippen molar-refractivity contribution in [2.45, 2.75) is 39.0 Å². The number of hydrogen-bond acceptors (Lipinski definition) is 2. The first-order valence-electron chi connectivity index (χ1n) is 6.17. The second kappa shape index (κ2) is 7.29. The Bertz CT molecular complexity index is 297. The minimum atomic E-state index is 0.514. The fourth-order valence-corrected chi connectivity index (χ4v) is 1.69. The van der Waals surface area contributed by atoms with E-state index in [9.17, 15) is 0 Å². The summed E-state index contributed by atoms with van der Waals surface area (Å²) in [7, 11) is 0. The lowest BCUT2D eigenvalue weighted by Crippen LogP contribution is -2.03. The molecule has 90 valence electrons. The van der Waals surface area contributed by atoms with Gasteiger partial charge in [-0.3, -0.25) is 0 Å². The highest BCUT2D eigenvalue weighted by molar-refractivity contribution is 5.35. The molecule has 1 rings (SSSR count). The van der Waals surface area contributed by atoms with Gasteiger partial charge in [0.15, 0.2) is 0 Å². The van der Waals surface area contributed by atoms with E-state index in [1.807, 2.05) is 6.07 Å². The van der Waals surface area contributed by atoms with Crippen molar-refractivity contribution in [2.75, 3.05) is 13.2 Å². The van der Waals surface area contributed by atoms with E-state index in [0.717, 1.165) is 38.2 Å². The fraction of sp³-hybridized carbons (Fsp3) is 0.571. The first-order chi connectivity index (χ1) is 7.75. The van der Waals surface area contributed by atoms with Gasteiger partial charge in [0.2, 0.25) is 0 Å². The third-order valence-corrected chi connectivity index (χ3v) is 2.65. The lowest BCUT2D eigenvalue weighted by atomic mass is 10.0. The average Bonchev–Trinajstić information content (AvgIpc) is 2.29. The largest absolute Gasteiger partial charge is 0.493 e. The molecule has 0 atom stereocenters. The Morgan fingerprint density at radius 3 is 2.56 bits per heavy atom. The van der Waals surface area contributed by atoms with Gasteiger partial charge in [0, 0.05) is 0 Å². The second-order valence-corrected chi connectivity index (χ2v) is 4.39. The quantitative estimate of drug-likeness (QED) is 0.717. The first kappa shape index (κ1) is 13.0. The van der Waals surface area contributed by atoms with E-state index in [1.165, 1.54) is 5.56 Å². The molecule has 0 aromatic heterocycles. The Hall–Kier alpha value is -1.02. The van der Waals surface area contributed by atoms with Gasteiger partial charge in [-0.2, -0.15) is 0 Å². The number of hydrogen-bond donors (Lipinski definition) is 1. The Labute approximate surface area is 98.8 Å². The molecule has 0 fully saturated rings. The van der Waals surface area contributed by atoms with Gasteiger partial charge in [-0.05, 0) is 43.4 Å². The Kier molecular flexibility index (Phi) is 5.94. The predicted molar refractivity (Wildman–Crippen MR) is 68.9 cm³/mol. The van der Waals surface area contributed by atoms with Crippen molar-refractivity contribution in [3.8, 4) is 5.75 Å². The monoisotopic (exact) mass is 221 g/mol. The highest BCUT2D eigenvalue weighted by Crippen LogP contribution is 2.25. The maximum absolute atomic E-state index is 5.80. The molecule has 16 heavy (non-hydrogen) atoms. The standard InChI is InChI=1S/C14H23NO/c1-12(2)13-8-4-5-9-14(13)16-11-7-3-6-10-15/h4-5,8-9,12H,3,6-7,10-11,15H2,1-2H3. The second-order valence-electron chi connectivity index (χ2n) is 4.39. The number of benzene rings is 1. The molecule has 0 spiro atoms. The van der Waals surface area contributed by atoms with Crippen molar-refractivity contribution >= 4 is 0 Å². The van der Waals surface area contributed by atoms with Crippen molar-refractivity contribution in [2.24, 2.45) is 5.73 Å². The van der Waals surface area contributed by atoms with Gasteiger partial charge in [0.05, 0.1) is 6.61 Å². The summed E-state index contributed by atoms with van der Waals surface area (Å²) in [6, 6.07) is 8.29. The molecular weight excluding hydrogens is 198 g/mol. The number of para-hydroxylation sites is 1. The molecule has 2 N–H and O–H groups in total. The highest BCUT2D eigenvalue weighted by Gasteiger charge is 2.05. The summed E-state index contributed by atoms with van der Waals surface area (Å²) in [6.45, 7) is 5.96. The molecule has 0 aliphatic rings. The zero-order valence-electron chi connectivity index (χ0n) is 10.4. The molecule has 1 aromatic rings. The third kappa shape index (κ3) is 4.23. The maximum Gasteiger partial charge on any atom is 0.122 e. The molecule has 0 bridgehead atoms. The first-order valence-corrected chi connectivity index (χ1v) is 6.17. The molecule has 2 heteroatoms. The fourth-order valence-electron chi connectivity index (χ4n) is 1.69. The highest BCUT2D eigenvalue weighted by atomic mass is 16.5. The van der Waals surface area contributed by atoms with E-state index in [4.69, 9.17) is 10.5 Å². The van der Waals surface area contributed by atoms with Gasteiger partial charge in [0.25, 0.3) is 0 Å². The minimum absolute atomic E-state index is 0.514. The van der Waals surface area contributed by atoms with Gasteiger partial charge >= 0.3 is 0 Å².